The van der Waals surface area contributed by atoms with Gasteiger partial charge in [0, 0.05) is 17.3 Å². The molecule has 0 fully saturated rings. The van der Waals surface area contributed by atoms with Crippen LogP contribution in [0, 0.1) is 19.7 Å². The number of rotatable bonds is 6. The molecule has 1 aromatic carbocycles. The minimum absolute atomic E-state index is 0.110. The molecule has 0 radical (unpaired) electrons. The lowest BCUT2D eigenvalue weighted by atomic mass is 10.1. The maximum Gasteiger partial charge on any atom is 0.258 e. The third-order valence-electron chi connectivity index (χ3n) is 4.45. The van der Waals surface area contributed by atoms with Gasteiger partial charge in [-0.05, 0) is 44.2 Å². The smallest absolute Gasteiger partial charge is 0.258 e. The highest BCUT2D eigenvalue weighted by atomic mass is 35.5. The highest BCUT2D eigenvalue weighted by Gasteiger charge is 2.21. The summed E-state index contributed by atoms with van der Waals surface area (Å²) in [5.74, 6) is 0.528. The van der Waals surface area contributed by atoms with Crippen LogP contribution in [-0.2, 0) is 6.54 Å². The highest BCUT2D eigenvalue weighted by Crippen LogP contribution is 2.35. The minimum Gasteiger partial charge on any atom is -0.324 e. The summed E-state index contributed by atoms with van der Waals surface area (Å²) in [5, 5.41) is 11.6. The van der Waals surface area contributed by atoms with Crippen molar-refractivity contribution in [3.63, 3.8) is 0 Å². The normalized spacial score (nSPS) is 11.3. The molecule has 160 valence electrons. The number of alkyl halides is 2. The zero-order chi connectivity index (χ0) is 22.1. The molecule has 3 aromatic heterocycles. The minimum atomic E-state index is -2.66. The van der Waals surface area contributed by atoms with Crippen molar-refractivity contribution in [2.24, 2.45) is 0 Å². The Morgan fingerprint density at radius 1 is 1.06 bits per heavy atom. The number of aryl methyl sites for hydroxylation is 2. The van der Waals surface area contributed by atoms with Crippen LogP contribution in [0.2, 0.25) is 5.02 Å². The van der Waals surface area contributed by atoms with Crippen molar-refractivity contribution in [1.29, 1.82) is 0 Å². The van der Waals surface area contributed by atoms with E-state index >= 15 is 0 Å². The van der Waals surface area contributed by atoms with E-state index in [0.717, 1.165) is 16.1 Å². The van der Waals surface area contributed by atoms with Crippen LogP contribution in [0.15, 0.2) is 42.7 Å². The van der Waals surface area contributed by atoms with E-state index in [1.54, 1.807) is 10.7 Å². The van der Waals surface area contributed by atoms with Crippen molar-refractivity contribution >= 4 is 23.2 Å². The van der Waals surface area contributed by atoms with Crippen molar-refractivity contribution in [2.45, 2.75) is 26.8 Å². The second-order valence-corrected chi connectivity index (χ2v) is 7.19. The number of nitrogens with zero attached hydrogens (tertiary/aromatic N) is 6. The van der Waals surface area contributed by atoms with Crippen molar-refractivity contribution in [3.8, 4) is 17.1 Å². The van der Waals surface area contributed by atoms with Gasteiger partial charge in [-0.15, -0.1) is 0 Å². The summed E-state index contributed by atoms with van der Waals surface area (Å²) in [6, 6.07) is 8.97. The zero-order valence-corrected chi connectivity index (χ0v) is 17.3. The Morgan fingerprint density at radius 2 is 1.81 bits per heavy atom. The molecule has 4 rings (SSSR count). The lowest BCUT2D eigenvalue weighted by Gasteiger charge is -2.10. The molecule has 1 N–H and O–H groups in total. The largest absolute Gasteiger partial charge is 0.324 e. The van der Waals surface area contributed by atoms with Gasteiger partial charge in [0.2, 0.25) is 0 Å². The second kappa shape index (κ2) is 8.38. The number of halogens is 4. The molecule has 0 aliphatic heterocycles. The fraction of sp³-hybridized carbons (Fsp3) is 0.200. The van der Waals surface area contributed by atoms with Gasteiger partial charge in [0.05, 0.1) is 5.69 Å². The molecule has 7 nitrogen and oxygen atoms in total. The summed E-state index contributed by atoms with van der Waals surface area (Å²) < 4.78 is 42.3. The molecule has 31 heavy (non-hydrogen) atoms. The summed E-state index contributed by atoms with van der Waals surface area (Å²) >= 11 is 6.48. The third-order valence-corrected chi connectivity index (χ3v) is 4.81. The molecule has 0 bridgehead atoms. The summed E-state index contributed by atoms with van der Waals surface area (Å²) in [4.78, 5) is 8.37. The molecule has 0 amide bonds. The molecule has 3 heterocycles. The number of hydrogen-bond donors (Lipinski definition) is 1. The van der Waals surface area contributed by atoms with Crippen molar-refractivity contribution in [3.05, 3.63) is 65.0 Å². The standard InChI is InChI=1S/C20H17ClF3N7/c1-11-7-12(2)31(28-11)17-8-16(25-10-26-17)27-20-18(21)19(29-30(20)9-15(23)24)13-3-5-14(22)6-4-13/h3-8,10,15H,9H2,1-2H3,(H,25,26,27). The van der Waals surface area contributed by atoms with E-state index in [1.165, 1.54) is 30.6 Å². The fourth-order valence-electron chi connectivity index (χ4n) is 3.13. The number of hydrogen-bond acceptors (Lipinski definition) is 5. The quantitative estimate of drug-likeness (QED) is 0.453. The van der Waals surface area contributed by atoms with Gasteiger partial charge >= 0.3 is 0 Å². The SMILES string of the molecule is Cc1cc(C)n(-c2cc(Nc3c(Cl)c(-c4ccc(F)cc4)nn3CC(F)F)ncn2)n1. The molecule has 4 aromatic rings. The van der Waals surface area contributed by atoms with Crippen molar-refractivity contribution in [1.82, 2.24) is 29.5 Å². The van der Waals surface area contributed by atoms with Crippen LogP contribution in [0.25, 0.3) is 17.1 Å². The van der Waals surface area contributed by atoms with Gasteiger partial charge in [0.15, 0.2) is 5.82 Å². The molecular formula is C20H17ClF3N7. The maximum atomic E-state index is 13.3. The Balaban J connectivity index is 1.73. The van der Waals surface area contributed by atoms with Gasteiger partial charge < -0.3 is 5.32 Å². The van der Waals surface area contributed by atoms with Crippen LogP contribution >= 0.6 is 11.6 Å². The molecule has 0 atom stereocenters. The van der Waals surface area contributed by atoms with E-state index in [1.807, 2.05) is 19.9 Å². The van der Waals surface area contributed by atoms with Gasteiger partial charge in [-0.25, -0.2) is 32.5 Å². The first kappa shape index (κ1) is 20.9. The van der Waals surface area contributed by atoms with E-state index in [2.05, 4.69) is 25.5 Å². The van der Waals surface area contributed by atoms with Gasteiger partial charge in [-0.3, -0.25) is 0 Å². The van der Waals surface area contributed by atoms with Gasteiger partial charge in [0.1, 0.15) is 41.0 Å². The average molecular weight is 448 g/mol. The van der Waals surface area contributed by atoms with Crippen LogP contribution in [0.1, 0.15) is 11.4 Å². The van der Waals surface area contributed by atoms with Crippen LogP contribution in [-0.4, -0.2) is 36.0 Å². The summed E-state index contributed by atoms with van der Waals surface area (Å²) in [7, 11) is 0. The Kier molecular flexibility index (Phi) is 5.64. The Bertz CT molecular complexity index is 1220. The summed E-state index contributed by atoms with van der Waals surface area (Å²) in [6.45, 7) is 3.07. The highest BCUT2D eigenvalue weighted by molar-refractivity contribution is 6.35. The van der Waals surface area contributed by atoms with Crippen LogP contribution in [0.3, 0.4) is 0 Å². The van der Waals surface area contributed by atoms with Crippen molar-refractivity contribution in [2.75, 3.05) is 5.32 Å². The van der Waals surface area contributed by atoms with E-state index in [9.17, 15) is 13.2 Å². The van der Waals surface area contributed by atoms with E-state index in [-0.39, 0.29) is 16.5 Å². The van der Waals surface area contributed by atoms with E-state index in [4.69, 9.17) is 11.6 Å². The number of benzene rings is 1. The zero-order valence-electron chi connectivity index (χ0n) is 16.5. The second-order valence-electron chi connectivity index (χ2n) is 6.82. The van der Waals surface area contributed by atoms with E-state index in [0.29, 0.717) is 17.2 Å². The molecule has 0 spiro atoms. The van der Waals surface area contributed by atoms with E-state index < -0.39 is 18.8 Å². The van der Waals surface area contributed by atoms with Crippen LogP contribution < -0.4 is 5.32 Å². The molecular weight excluding hydrogens is 431 g/mol. The van der Waals surface area contributed by atoms with Gasteiger partial charge in [-0.1, -0.05) is 11.6 Å². The number of nitrogens with one attached hydrogen (secondary N) is 1. The topological polar surface area (TPSA) is 73.5 Å². The Hall–Kier alpha value is -3.40. The van der Waals surface area contributed by atoms with Gasteiger partial charge in [-0.2, -0.15) is 10.2 Å². The number of aromatic nitrogens is 6. The fourth-order valence-corrected chi connectivity index (χ4v) is 3.42. The average Bonchev–Trinajstić information content (AvgIpc) is 3.21. The van der Waals surface area contributed by atoms with Gasteiger partial charge in [0.25, 0.3) is 6.43 Å². The molecule has 11 heteroatoms. The molecule has 0 aliphatic rings. The Labute approximate surface area is 180 Å². The summed E-state index contributed by atoms with van der Waals surface area (Å²) in [5.41, 5.74) is 2.44. The van der Waals surface area contributed by atoms with Crippen LogP contribution in [0.5, 0.6) is 0 Å². The maximum absolute atomic E-state index is 13.3. The first-order valence-electron chi connectivity index (χ1n) is 9.25. The lowest BCUT2D eigenvalue weighted by molar-refractivity contribution is 0.122. The molecule has 0 saturated heterocycles. The summed E-state index contributed by atoms with van der Waals surface area (Å²) in [6.07, 6.45) is -1.33. The van der Waals surface area contributed by atoms with Crippen LogP contribution in [0.4, 0.5) is 24.8 Å². The number of anilines is 2. The molecule has 0 aliphatic carbocycles. The first-order valence-corrected chi connectivity index (χ1v) is 9.62. The Morgan fingerprint density at radius 3 is 2.45 bits per heavy atom. The predicted octanol–water partition coefficient (Wildman–Crippen LogP) is 4.94. The monoisotopic (exact) mass is 447 g/mol. The molecule has 0 unspecified atom stereocenters. The third kappa shape index (κ3) is 4.38. The van der Waals surface area contributed by atoms with Crippen molar-refractivity contribution < 1.29 is 13.2 Å². The molecule has 0 saturated carbocycles. The first-order chi connectivity index (χ1) is 14.8. The lowest BCUT2D eigenvalue weighted by Crippen LogP contribution is -2.12. The predicted molar refractivity (Wildman–Crippen MR) is 111 cm³/mol.